The summed E-state index contributed by atoms with van der Waals surface area (Å²) in [5.41, 5.74) is 4.22. The van der Waals surface area contributed by atoms with Crippen molar-refractivity contribution in [3.8, 4) is 5.88 Å². The predicted octanol–water partition coefficient (Wildman–Crippen LogP) is 5.08. The molecule has 1 aromatic heterocycles. The summed E-state index contributed by atoms with van der Waals surface area (Å²) in [6, 6.07) is 10.5. The van der Waals surface area contributed by atoms with Crippen LogP contribution >= 0.6 is 15.9 Å². The molecule has 25 heavy (non-hydrogen) atoms. The first kappa shape index (κ1) is 19.4. The van der Waals surface area contributed by atoms with Crippen LogP contribution < -0.4 is 4.74 Å². The third-order valence-corrected chi connectivity index (χ3v) is 4.49. The Morgan fingerprint density at radius 3 is 2.76 bits per heavy atom. The molecule has 134 valence electrons. The highest BCUT2D eigenvalue weighted by Gasteiger charge is 2.12. The minimum atomic E-state index is 0.0329. The molecule has 0 radical (unpaired) electrons. The molecule has 0 spiro atoms. The summed E-state index contributed by atoms with van der Waals surface area (Å²) in [4.78, 5) is 11.1. The third kappa shape index (κ3) is 5.85. The molecule has 5 heteroatoms. The highest BCUT2D eigenvalue weighted by molar-refractivity contribution is 9.10. The Kier molecular flexibility index (Phi) is 7.00. The Morgan fingerprint density at radius 2 is 2.08 bits per heavy atom. The van der Waals surface area contributed by atoms with Gasteiger partial charge in [-0.2, -0.15) is 0 Å². The van der Waals surface area contributed by atoms with E-state index in [0.717, 1.165) is 28.8 Å². The number of halogens is 1. The molecule has 0 aliphatic rings. The number of rotatable bonds is 7. The minimum Gasteiger partial charge on any atom is -0.473 e. The largest absolute Gasteiger partial charge is 0.473 e. The van der Waals surface area contributed by atoms with E-state index < -0.39 is 0 Å². The van der Waals surface area contributed by atoms with Gasteiger partial charge in [0.1, 0.15) is 6.10 Å². The van der Waals surface area contributed by atoms with Crippen LogP contribution in [0.3, 0.4) is 0 Å². The normalized spacial score (nSPS) is 12.4. The topological polar surface area (TPSA) is 37.7 Å². The molecule has 2 aromatic rings. The summed E-state index contributed by atoms with van der Waals surface area (Å²) < 4.78 is 6.87. The lowest BCUT2D eigenvalue weighted by Crippen LogP contribution is -2.16. The van der Waals surface area contributed by atoms with Crippen molar-refractivity contribution in [2.24, 2.45) is 4.99 Å². The van der Waals surface area contributed by atoms with E-state index in [1.54, 1.807) is 0 Å². The number of ether oxygens (including phenoxy) is 1. The number of hydrogen-bond acceptors (Lipinski definition) is 3. The van der Waals surface area contributed by atoms with E-state index >= 15 is 0 Å². The van der Waals surface area contributed by atoms with Gasteiger partial charge in [0, 0.05) is 20.0 Å². The molecule has 0 aliphatic carbocycles. The van der Waals surface area contributed by atoms with Gasteiger partial charge in [0.25, 0.3) is 0 Å². The van der Waals surface area contributed by atoms with Gasteiger partial charge in [-0.3, -0.25) is 0 Å². The molecule has 0 N–H and O–H groups in total. The van der Waals surface area contributed by atoms with Crippen molar-refractivity contribution in [2.45, 2.75) is 40.2 Å². The summed E-state index contributed by atoms with van der Waals surface area (Å²) >= 11 is 3.56. The highest BCUT2D eigenvalue weighted by Crippen LogP contribution is 2.30. The predicted molar refractivity (Wildman–Crippen MR) is 108 cm³/mol. The number of nitrogens with zero attached hydrogens (tertiary/aromatic N) is 3. The molecule has 0 saturated carbocycles. The molecule has 1 aromatic carbocycles. The van der Waals surface area contributed by atoms with Crippen molar-refractivity contribution in [1.82, 2.24) is 9.88 Å². The third-order valence-electron chi connectivity index (χ3n) is 3.92. The van der Waals surface area contributed by atoms with E-state index in [-0.39, 0.29) is 6.10 Å². The molecule has 0 saturated heterocycles. The lowest BCUT2D eigenvalue weighted by molar-refractivity contribution is 0.211. The Hall–Kier alpha value is -1.88. The maximum atomic E-state index is 6.05. The zero-order chi connectivity index (χ0) is 18.4. The Bertz CT molecular complexity index is 746. The average molecular weight is 404 g/mol. The standard InChI is InChI=1S/C20H26BrN3O/c1-6-24(5)13-22-19-12-18(21)20(23-16(19)4)25-15(3)11-17-9-7-8-14(2)10-17/h7-10,12-13,15H,6,11H2,1-5H3. The fourth-order valence-corrected chi connectivity index (χ4v) is 2.81. The number of aryl methyl sites for hydroxylation is 2. The fraction of sp³-hybridized carbons (Fsp3) is 0.400. The second-order valence-electron chi connectivity index (χ2n) is 6.32. The van der Waals surface area contributed by atoms with Gasteiger partial charge < -0.3 is 9.64 Å². The van der Waals surface area contributed by atoms with Crippen LogP contribution in [0.1, 0.15) is 30.7 Å². The number of pyridine rings is 1. The van der Waals surface area contributed by atoms with Crippen LogP contribution in [0.25, 0.3) is 0 Å². The second kappa shape index (κ2) is 8.99. The van der Waals surface area contributed by atoms with Crippen molar-refractivity contribution in [3.63, 3.8) is 0 Å². The number of hydrogen-bond donors (Lipinski definition) is 0. The van der Waals surface area contributed by atoms with Crippen LogP contribution in [0.15, 0.2) is 39.8 Å². The first-order valence-corrected chi connectivity index (χ1v) is 9.32. The maximum absolute atomic E-state index is 6.05. The number of benzene rings is 1. The second-order valence-corrected chi connectivity index (χ2v) is 7.17. The summed E-state index contributed by atoms with van der Waals surface area (Å²) in [5.74, 6) is 0.612. The van der Waals surface area contributed by atoms with Gasteiger partial charge in [0.15, 0.2) is 0 Å². The highest BCUT2D eigenvalue weighted by atomic mass is 79.9. The van der Waals surface area contributed by atoms with E-state index in [2.05, 4.69) is 70.9 Å². The van der Waals surface area contributed by atoms with Crippen molar-refractivity contribution in [2.75, 3.05) is 13.6 Å². The van der Waals surface area contributed by atoms with Gasteiger partial charge in [-0.05, 0) is 55.3 Å². The first-order chi connectivity index (χ1) is 11.9. The quantitative estimate of drug-likeness (QED) is 0.477. The monoisotopic (exact) mass is 403 g/mol. The number of aliphatic imine (C=N–C) groups is 1. The van der Waals surface area contributed by atoms with Crippen molar-refractivity contribution >= 4 is 28.0 Å². The lowest BCUT2D eigenvalue weighted by Gasteiger charge is -2.16. The van der Waals surface area contributed by atoms with E-state index in [1.165, 1.54) is 11.1 Å². The van der Waals surface area contributed by atoms with Crippen LogP contribution in [0, 0.1) is 13.8 Å². The zero-order valence-electron chi connectivity index (χ0n) is 15.6. The minimum absolute atomic E-state index is 0.0329. The SMILES string of the molecule is CCN(C)C=Nc1cc(Br)c(OC(C)Cc2cccc(C)c2)nc1C. The maximum Gasteiger partial charge on any atom is 0.228 e. The van der Waals surface area contributed by atoms with Crippen molar-refractivity contribution in [3.05, 3.63) is 51.6 Å². The van der Waals surface area contributed by atoms with E-state index in [0.29, 0.717) is 5.88 Å². The summed E-state index contributed by atoms with van der Waals surface area (Å²) in [5, 5.41) is 0. The molecule has 0 aliphatic heterocycles. The molecule has 0 fully saturated rings. The summed E-state index contributed by atoms with van der Waals surface area (Å²) in [6.45, 7) is 9.11. The smallest absolute Gasteiger partial charge is 0.228 e. The molecule has 1 heterocycles. The van der Waals surface area contributed by atoms with Crippen LogP contribution in [-0.4, -0.2) is 35.9 Å². The lowest BCUT2D eigenvalue weighted by atomic mass is 10.1. The van der Waals surface area contributed by atoms with Gasteiger partial charge in [-0.15, -0.1) is 0 Å². The molecular formula is C20H26BrN3O. The molecule has 1 atom stereocenters. The fourth-order valence-electron chi connectivity index (χ4n) is 2.41. The molecule has 0 bridgehead atoms. The Labute approximate surface area is 159 Å². The zero-order valence-corrected chi connectivity index (χ0v) is 17.2. The number of aromatic nitrogens is 1. The molecule has 2 rings (SSSR count). The van der Waals surface area contributed by atoms with E-state index in [4.69, 9.17) is 4.74 Å². The average Bonchev–Trinajstić information content (AvgIpc) is 2.56. The van der Waals surface area contributed by atoms with Gasteiger partial charge in [-0.25, -0.2) is 9.98 Å². The Balaban J connectivity index is 2.09. The van der Waals surface area contributed by atoms with Gasteiger partial charge in [0.05, 0.1) is 22.2 Å². The summed E-state index contributed by atoms with van der Waals surface area (Å²) in [7, 11) is 1.99. The van der Waals surface area contributed by atoms with Crippen molar-refractivity contribution in [1.29, 1.82) is 0 Å². The van der Waals surface area contributed by atoms with Crippen LogP contribution in [-0.2, 0) is 6.42 Å². The van der Waals surface area contributed by atoms with Gasteiger partial charge in [-0.1, -0.05) is 29.8 Å². The van der Waals surface area contributed by atoms with Crippen molar-refractivity contribution < 1.29 is 4.74 Å². The van der Waals surface area contributed by atoms with Crippen LogP contribution in [0.5, 0.6) is 5.88 Å². The first-order valence-electron chi connectivity index (χ1n) is 8.52. The molecule has 1 unspecified atom stereocenters. The molecular weight excluding hydrogens is 378 g/mol. The van der Waals surface area contributed by atoms with Gasteiger partial charge >= 0.3 is 0 Å². The Morgan fingerprint density at radius 1 is 1.32 bits per heavy atom. The van der Waals surface area contributed by atoms with Crippen LogP contribution in [0.4, 0.5) is 5.69 Å². The van der Waals surface area contributed by atoms with E-state index in [9.17, 15) is 0 Å². The molecule has 0 amide bonds. The summed E-state index contributed by atoms with van der Waals surface area (Å²) in [6.07, 6.45) is 2.69. The molecule has 4 nitrogen and oxygen atoms in total. The van der Waals surface area contributed by atoms with Crippen LogP contribution in [0.2, 0.25) is 0 Å². The van der Waals surface area contributed by atoms with E-state index in [1.807, 2.05) is 31.3 Å². The van der Waals surface area contributed by atoms with Gasteiger partial charge in [0.2, 0.25) is 5.88 Å².